The van der Waals surface area contributed by atoms with Gasteiger partial charge in [0.1, 0.15) is 0 Å². The summed E-state index contributed by atoms with van der Waals surface area (Å²) in [5.41, 5.74) is 0. The molecule has 0 aliphatic rings. The Labute approximate surface area is 117 Å². The van der Waals surface area contributed by atoms with Crippen LogP contribution in [0.5, 0.6) is 0 Å². The van der Waals surface area contributed by atoms with Gasteiger partial charge in [0.2, 0.25) is 0 Å². The lowest BCUT2D eigenvalue weighted by atomic mass is 10.0. The van der Waals surface area contributed by atoms with Gasteiger partial charge in [0.05, 0.1) is 0 Å². The minimum absolute atomic E-state index is 0.603. The van der Waals surface area contributed by atoms with E-state index in [1.54, 1.807) is 0 Å². The quantitative estimate of drug-likeness (QED) is 0.656. The molecule has 2 heteroatoms. The Kier molecular flexibility index (Phi) is 8.19. The summed E-state index contributed by atoms with van der Waals surface area (Å²) in [5, 5.41) is 3.57. The van der Waals surface area contributed by atoms with E-state index in [-0.39, 0.29) is 0 Å². The lowest BCUT2D eigenvalue weighted by molar-refractivity contribution is 0.413. The molecule has 1 nitrogen and oxygen atoms in total. The molecule has 0 aliphatic heterocycles. The second-order valence-corrected chi connectivity index (χ2v) is 6.34. The first-order chi connectivity index (χ1) is 8.72. The van der Waals surface area contributed by atoms with E-state index in [0.29, 0.717) is 6.04 Å². The summed E-state index contributed by atoms with van der Waals surface area (Å²) in [4.78, 5) is 1.39. The second kappa shape index (κ2) is 9.46. The van der Waals surface area contributed by atoms with Crippen LogP contribution in [0.1, 0.15) is 40.0 Å². The topological polar surface area (TPSA) is 12.0 Å². The lowest BCUT2D eigenvalue weighted by Gasteiger charge is -2.18. The maximum atomic E-state index is 3.57. The number of hydrogen-bond donors (Lipinski definition) is 1. The molecule has 0 saturated heterocycles. The molecule has 0 saturated carbocycles. The van der Waals surface area contributed by atoms with Gasteiger partial charge in [0.25, 0.3) is 0 Å². The molecular formula is C16H27NS. The van der Waals surface area contributed by atoms with Gasteiger partial charge < -0.3 is 5.32 Å². The highest BCUT2D eigenvalue weighted by atomic mass is 32.2. The largest absolute Gasteiger partial charge is 0.314 e. The van der Waals surface area contributed by atoms with Crippen molar-refractivity contribution in [1.82, 2.24) is 5.32 Å². The third-order valence-corrected chi connectivity index (χ3v) is 4.10. The Bertz CT molecular complexity index is 297. The van der Waals surface area contributed by atoms with Gasteiger partial charge in [0, 0.05) is 10.9 Å². The molecule has 0 radical (unpaired) electrons. The zero-order valence-electron chi connectivity index (χ0n) is 12.0. The van der Waals surface area contributed by atoms with E-state index >= 15 is 0 Å². The smallest absolute Gasteiger partial charge is 0.00719 e. The first-order valence-electron chi connectivity index (χ1n) is 7.13. The van der Waals surface area contributed by atoms with E-state index in [0.717, 1.165) is 5.92 Å². The molecule has 0 fully saturated rings. The van der Waals surface area contributed by atoms with E-state index in [2.05, 4.69) is 56.4 Å². The van der Waals surface area contributed by atoms with E-state index in [1.165, 1.54) is 36.5 Å². The molecule has 1 unspecified atom stereocenters. The van der Waals surface area contributed by atoms with Crippen LogP contribution in [0.15, 0.2) is 35.2 Å². The second-order valence-electron chi connectivity index (χ2n) is 5.17. The van der Waals surface area contributed by atoms with E-state index in [4.69, 9.17) is 0 Å². The van der Waals surface area contributed by atoms with Crippen molar-refractivity contribution in [3.05, 3.63) is 30.3 Å². The summed E-state index contributed by atoms with van der Waals surface area (Å²) >= 11 is 1.98. The Hall–Kier alpha value is -0.470. The van der Waals surface area contributed by atoms with Crippen LogP contribution in [0.2, 0.25) is 0 Å². The van der Waals surface area contributed by atoms with Crippen molar-refractivity contribution in [3.8, 4) is 0 Å². The molecule has 1 aromatic rings. The summed E-state index contributed by atoms with van der Waals surface area (Å²) in [6, 6.07) is 11.3. The van der Waals surface area contributed by atoms with Gasteiger partial charge in [0.15, 0.2) is 0 Å². The molecule has 102 valence electrons. The summed E-state index contributed by atoms with van der Waals surface area (Å²) < 4.78 is 0. The first-order valence-corrected chi connectivity index (χ1v) is 8.12. The Morgan fingerprint density at radius 2 is 1.83 bits per heavy atom. The normalized spacial score (nSPS) is 12.9. The molecule has 0 spiro atoms. The number of hydrogen-bond acceptors (Lipinski definition) is 2. The van der Waals surface area contributed by atoms with Gasteiger partial charge in [-0.1, -0.05) is 45.4 Å². The van der Waals surface area contributed by atoms with Crippen LogP contribution in [0, 0.1) is 5.92 Å². The fraction of sp³-hybridized carbons (Fsp3) is 0.625. The van der Waals surface area contributed by atoms with Gasteiger partial charge in [-0.3, -0.25) is 0 Å². The zero-order chi connectivity index (χ0) is 13.2. The standard InChI is InChI=1S/C16H27NS/c1-4-8-15(13-17-14(2)3)11-12-18-16-9-6-5-7-10-16/h5-7,9-10,14-15,17H,4,8,11-13H2,1-3H3. The highest BCUT2D eigenvalue weighted by molar-refractivity contribution is 7.99. The minimum atomic E-state index is 0.603. The van der Waals surface area contributed by atoms with E-state index in [1.807, 2.05) is 11.8 Å². The Morgan fingerprint density at radius 1 is 1.11 bits per heavy atom. The monoisotopic (exact) mass is 265 g/mol. The number of thioether (sulfide) groups is 1. The summed E-state index contributed by atoms with van der Waals surface area (Å²) in [5.74, 6) is 2.06. The van der Waals surface area contributed by atoms with Crippen LogP contribution in [0.4, 0.5) is 0 Å². The van der Waals surface area contributed by atoms with Crippen molar-refractivity contribution in [1.29, 1.82) is 0 Å². The molecule has 0 heterocycles. The van der Waals surface area contributed by atoms with Crippen LogP contribution in [0.25, 0.3) is 0 Å². The molecule has 1 aromatic carbocycles. The van der Waals surface area contributed by atoms with Gasteiger partial charge in [-0.05, 0) is 43.2 Å². The number of nitrogens with one attached hydrogen (secondary N) is 1. The Balaban J connectivity index is 2.24. The summed E-state index contributed by atoms with van der Waals surface area (Å²) in [6.45, 7) is 7.90. The van der Waals surface area contributed by atoms with Crippen LogP contribution in [-0.2, 0) is 0 Å². The molecule has 18 heavy (non-hydrogen) atoms. The van der Waals surface area contributed by atoms with Gasteiger partial charge in [-0.15, -0.1) is 11.8 Å². The maximum Gasteiger partial charge on any atom is 0.00719 e. The molecular weight excluding hydrogens is 238 g/mol. The predicted molar refractivity (Wildman–Crippen MR) is 83.3 cm³/mol. The van der Waals surface area contributed by atoms with Gasteiger partial charge in [-0.2, -0.15) is 0 Å². The van der Waals surface area contributed by atoms with Crippen LogP contribution in [-0.4, -0.2) is 18.3 Å². The van der Waals surface area contributed by atoms with Crippen LogP contribution in [0.3, 0.4) is 0 Å². The van der Waals surface area contributed by atoms with Gasteiger partial charge in [-0.25, -0.2) is 0 Å². The average molecular weight is 265 g/mol. The molecule has 0 aromatic heterocycles. The van der Waals surface area contributed by atoms with Crippen LogP contribution < -0.4 is 5.32 Å². The molecule has 0 amide bonds. The Morgan fingerprint density at radius 3 is 2.44 bits per heavy atom. The molecule has 1 N–H and O–H groups in total. The molecule has 1 rings (SSSR count). The predicted octanol–water partition coefficient (Wildman–Crippen LogP) is 4.58. The van der Waals surface area contributed by atoms with Crippen molar-refractivity contribution in [2.75, 3.05) is 12.3 Å². The first kappa shape index (κ1) is 15.6. The minimum Gasteiger partial charge on any atom is -0.314 e. The highest BCUT2D eigenvalue weighted by Crippen LogP contribution is 2.21. The average Bonchev–Trinajstić information content (AvgIpc) is 2.37. The fourth-order valence-electron chi connectivity index (χ4n) is 2.02. The van der Waals surface area contributed by atoms with E-state index < -0.39 is 0 Å². The summed E-state index contributed by atoms with van der Waals surface area (Å²) in [6.07, 6.45) is 3.95. The third-order valence-electron chi connectivity index (χ3n) is 3.05. The van der Waals surface area contributed by atoms with Crippen molar-refractivity contribution in [2.45, 2.75) is 51.0 Å². The van der Waals surface area contributed by atoms with Crippen molar-refractivity contribution in [3.63, 3.8) is 0 Å². The van der Waals surface area contributed by atoms with Crippen LogP contribution >= 0.6 is 11.8 Å². The molecule has 0 bridgehead atoms. The SMILES string of the molecule is CCCC(CCSc1ccccc1)CNC(C)C. The summed E-state index contributed by atoms with van der Waals surface area (Å²) in [7, 11) is 0. The van der Waals surface area contributed by atoms with Crippen molar-refractivity contribution < 1.29 is 0 Å². The maximum absolute atomic E-state index is 3.57. The lowest BCUT2D eigenvalue weighted by Crippen LogP contribution is -2.29. The highest BCUT2D eigenvalue weighted by Gasteiger charge is 2.08. The number of benzene rings is 1. The zero-order valence-corrected chi connectivity index (χ0v) is 12.8. The van der Waals surface area contributed by atoms with Gasteiger partial charge >= 0.3 is 0 Å². The van der Waals surface area contributed by atoms with E-state index in [9.17, 15) is 0 Å². The fourth-order valence-corrected chi connectivity index (χ4v) is 3.06. The van der Waals surface area contributed by atoms with Crippen molar-refractivity contribution in [2.24, 2.45) is 5.92 Å². The van der Waals surface area contributed by atoms with Crippen molar-refractivity contribution >= 4 is 11.8 Å². The molecule has 0 aliphatic carbocycles. The molecule has 1 atom stereocenters. The third kappa shape index (κ3) is 7.07. The number of rotatable bonds is 9.